The van der Waals surface area contributed by atoms with Crippen molar-refractivity contribution in [3.05, 3.63) is 5.38 Å². The molecule has 0 aliphatic heterocycles. The number of rotatable bonds is 2. The standard InChI is InChI=1S/C4H4ClO3/c1-2(6)3(5)4(7)8/h1H3,(H,7,8). The molecule has 0 atom stereocenters. The third-order valence-corrected chi connectivity index (χ3v) is 0.925. The minimum Gasteiger partial charge on any atom is -0.480 e. The van der Waals surface area contributed by atoms with Crippen LogP contribution in [-0.4, -0.2) is 16.9 Å². The van der Waals surface area contributed by atoms with Crippen LogP contribution in [0.15, 0.2) is 0 Å². The molecule has 0 saturated carbocycles. The number of ketones is 1. The quantitative estimate of drug-likeness (QED) is 0.559. The van der Waals surface area contributed by atoms with Crippen LogP contribution in [0.4, 0.5) is 0 Å². The Morgan fingerprint density at radius 2 is 1.88 bits per heavy atom. The van der Waals surface area contributed by atoms with Gasteiger partial charge in [-0.1, -0.05) is 11.6 Å². The number of hydrogen-bond acceptors (Lipinski definition) is 2. The van der Waals surface area contributed by atoms with Crippen molar-refractivity contribution in [2.75, 3.05) is 0 Å². The molecule has 0 aromatic carbocycles. The van der Waals surface area contributed by atoms with Crippen LogP contribution in [0.25, 0.3) is 0 Å². The average molecular weight is 136 g/mol. The van der Waals surface area contributed by atoms with E-state index in [0.717, 1.165) is 6.92 Å². The first-order valence-corrected chi connectivity index (χ1v) is 2.20. The Morgan fingerprint density at radius 1 is 1.50 bits per heavy atom. The highest BCUT2D eigenvalue weighted by molar-refractivity contribution is 6.49. The van der Waals surface area contributed by atoms with Gasteiger partial charge < -0.3 is 5.11 Å². The van der Waals surface area contributed by atoms with Crippen molar-refractivity contribution >= 4 is 23.4 Å². The molecule has 0 aliphatic rings. The molecule has 0 spiro atoms. The van der Waals surface area contributed by atoms with E-state index in [9.17, 15) is 9.59 Å². The van der Waals surface area contributed by atoms with E-state index in [-0.39, 0.29) is 0 Å². The van der Waals surface area contributed by atoms with Crippen LogP contribution in [0.3, 0.4) is 0 Å². The summed E-state index contributed by atoms with van der Waals surface area (Å²) in [6.07, 6.45) is 0. The summed E-state index contributed by atoms with van der Waals surface area (Å²) in [6.45, 7) is 1.09. The van der Waals surface area contributed by atoms with Crippen LogP contribution >= 0.6 is 11.6 Å². The van der Waals surface area contributed by atoms with Gasteiger partial charge in [0.15, 0.2) is 5.78 Å². The summed E-state index contributed by atoms with van der Waals surface area (Å²) < 4.78 is 0. The van der Waals surface area contributed by atoms with E-state index in [1.54, 1.807) is 0 Å². The number of carboxylic acid groups (broad SMARTS) is 1. The number of carbonyl (C=O) groups excluding carboxylic acids is 1. The van der Waals surface area contributed by atoms with Gasteiger partial charge in [0.25, 0.3) is 0 Å². The minimum atomic E-state index is -1.38. The second-order valence-electron chi connectivity index (χ2n) is 1.18. The topological polar surface area (TPSA) is 54.4 Å². The maximum atomic E-state index is 10.0. The molecule has 4 heteroatoms. The highest BCUT2D eigenvalue weighted by Crippen LogP contribution is 2.05. The number of carboxylic acids is 1. The van der Waals surface area contributed by atoms with Crippen molar-refractivity contribution in [2.45, 2.75) is 6.92 Å². The third kappa shape index (κ3) is 1.93. The molecule has 3 nitrogen and oxygen atoms in total. The Kier molecular flexibility index (Phi) is 2.48. The van der Waals surface area contributed by atoms with Crippen LogP contribution in [-0.2, 0) is 9.59 Å². The molecule has 0 bridgehead atoms. The average Bonchev–Trinajstić information content (AvgIpc) is 1.64. The molecule has 0 unspecified atom stereocenters. The van der Waals surface area contributed by atoms with Crippen molar-refractivity contribution in [2.24, 2.45) is 0 Å². The molecule has 8 heavy (non-hydrogen) atoms. The second-order valence-corrected chi connectivity index (χ2v) is 1.55. The molecule has 0 heterocycles. The Labute approximate surface area is 51.3 Å². The third-order valence-electron chi connectivity index (χ3n) is 0.497. The summed E-state index contributed by atoms with van der Waals surface area (Å²) in [4.78, 5) is 19.8. The van der Waals surface area contributed by atoms with E-state index in [4.69, 9.17) is 16.7 Å². The number of halogens is 1. The fourth-order valence-electron chi connectivity index (χ4n) is 0.151. The number of Topliss-reactive ketones (excluding diaryl/α,β-unsaturated/α-hetero) is 1. The normalized spacial score (nSPS) is 9.38. The van der Waals surface area contributed by atoms with Gasteiger partial charge in [-0.15, -0.1) is 0 Å². The first-order valence-electron chi connectivity index (χ1n) is 1.82. The van der Waals surface area contributed by atoms with Crippen LogP contribution in [0.2, 0.25) is 0 Å². The maximum Gasteiger partial charge on any atom is 0.335 e. The molecule has 1 N–H and O–H groups in total. The minimum absolute atomic E-state index is 0.626. The van der Waals surface area contributed by atoms with E-state index in [2.05, 4.69) is 0 Å². The van der Waals surface area contributed by atoms with Crippen molar-refractivity contribution in [1.29, 1.82) is 0 Å². The van der Waals surface area contributed by atoms with Gasteiger partial charge >= 0.3 is 5.97 Å². The van der Waals surface area contributed by atoms with Crippen molar-refractivity contribution in [3.8, 4) is 0 Å². The lowest BCUT2D eigenvalue weighted by molar-refractivity contribution is -0.135. The second kappa shape index (κ2) is 2.67. The zero-order valence-electron chi connectivity index (χ0n) is 4.14. The fourth-order valence-corrected chi connectivity index (χ4v) is 0.151. The Bertz CT molecular complexity index is 106. The Hall–Kier alpha value is -0.570. The highest BCUT2D eigenvalue weighted by atomic mass is 35.5. The molecule has 0 aliphatic carbocycles. The first-order chi connectivity index (χ1) is 3.55. The molecule has 0 aromatic heterocycles. The van der Waals surface area contributed by atoms with E-state index >= 15 is 0 Å². The van der Waals surface area contributed by atoms with Crippen LogP contribution in [0, 0.1) is 5.38 Å². The van der Waals surface area contributed by atoms with E-state index in [1.165, 1.54) is 0 Å². The Balaban J connectivity index is 3.83. The molecule has 0 saturated heterocycles. The predicted molar refractivity (Wildman–Crippen MR) is 27.4 cm³/mol. The molecule has 0 rings (SSSR count). The predicted octanol–water partition coefficient (Wildman–Crippen LogP) is 0.431. The summed E-state index contributed by atoms with van der Waals surface area (Å²) in [5.74, 6) is -2.00. The lowest BCUT2D eigenvalue weighted by Crippen LogP contribution is -2.12. The van der Waals surface area contributed by atoms with E-state index < -0.39 is 17.1 Å². The zero-order valence-corrected chi connectivity index (χ0v) is 4.90. The maximum absolute atomic E-state index is 10.0. The summed E-state index contributed by atoms with van der Waals surface area (Å²) in [7, 11) is 0. The van der Waals surface area contributed by atoms with Gasteiger partial charge in [0, 0.05) is 0 Å². The molecule has 0 amide bonds. The lowest BCUT2D eigenvalue weighted by atomic mass is 10.3. The summed E-state index contributed by atoms with van der Waals surface area (Å²) in [5.41, 5.74) is 0. The first kappa shape index (κ1) is 7.43. The van der Waals surface area contributed by atoms with Gasteiger partial charge in [-0.25, -0.2) is 4.79 Å². The lowest BCUT2D eigenvalue weighted by Gasteiger charge is -1.91. The van der Waals surface area contributed by atoms with Crippen molar-refractivity contribution in [1.82, 2.24) is 0 Å². The summed E-state index contributed by atoms with van der Waals surface area (Å²) in [6, 6.07) is 0. The number of aliphatic carboxylic acids is 1. The van der Waals surface area contributed by atoms with E-state index in [0.29, 0.717) is 0 Å². The van der Waals surface area contributed by atoms with Gasteiger partial charge in [-0.2, -0.15) is 0 Å². The largest absolute Gasteiger partial charge is 0.480 e. The summed E-state index contributed by atoms with van der Waals surface area (Å²) >= 11 is 4.92. The summed E-state index contributed by atoms with van der Waals surface area (Å²) in [5, 5.41) is 7.31. The van der Waals surface area contributed by atoms with Gasteiger partial charge in [0.05, 0.1) is 0 Å². The monoisotopic (exact) mass is 135 g/mol. The van der Waals surface area contributed by atoms with E-state index in [1.807, 2.05) is 0 Å². The molecular weight excluding hydrogens is 131 g/mol. The van der Waals surface area contributed by atoms with Crippen LogP contribution < -0.4 is 0 Å². The smallest absolute Gasteiger partial charge is 0.335 e. The van der Waals surface area contributed by atoms with Gasteiger partial charge in [0.2, 0.25) is 5.38 Å². The van der Waals surface area contributed by atoms with Gasteiger partial charge in [-0.3, -0.25) is 4.79 Å². The molecular formula is C4H4ClO3. The fraction of sp³-hybridized carbons (Fsp3) is 0.250. The zero-order chi connectivity index (χ0) is 6.73. The molecule has 0 aromatic rings. The number of hydrogen-bond donors (Lipinski definition) is 1. The molecule has 0 fully saturated rings. The van der Waals surface area contributed by atoms with Gasteiger partial charge in [0.1, 0.15) is 0 Å². The van der Waals surface area contributed by atoms with Gasteiger partial charge in [-0.05, 0) is 6.92 Å². The van der Waals surface area contributed by atoms with Crippen molar-refractivity contribution < 1.29 is 14.7 Å². The Morgan fingerprint density at radius 3 is 1.88 bits per heavy atom. The molecule has 1 radical (unpaired) electrons. The number of carbonyl (C=O) groups is 2. The highest BCUT2D eigenvalue weighted by Gasteiger charge is 2.19. The molecule has 45 valence electrons. The van der Waals surface area contributed by atoms with Crippen LogP contribution in [0.5, 0.6) is 0 Å². The van der Waals surface area contributed by atoms with Crippen LogP contribution in [0.1, 0.15) is 6.92 Å². The van der Waals surface area contributed by atoms with Crippen molar-refractivity contribution in [3.63, 3.8) is 0 Å². The SMILES string of the molecule is CC(=O)[C](Cl)C(=O)O.